The van der Waals surface area contributed by atoms with Gasteiger partial charge in [0.25, 0.3) is 0 Å². The van der Waals surface area contributed by atoms with Crippen LogP contribution in [-0.4, -0.2) is 37.1 Å². The Morgan fingerprint density at radius 1 is 1.47 bits per heavy atom. The Morgan fingerprint density at radius 3 is 2.63 bits per heavy atom. The number of amides is 1. The van der Waals surface area contributed by atoms with Gasteiger partial charge in [-0.15, -0.1) is 0 Å². The average Bonchev–Trinajstić information content (AvgIpc) is 2.27. The second-order valence-corrected chi connectivity index (χ2v) is 4.63. The third kappa shape index (κ3) is 4.11. The van der Waals surface area contributed by atoms with Gasteiger partial charge < -0.3 is 21.1 Å². The summed E-state index contributed by atoms with van der Waals surface area (Å²) in [6.07, 6.45) is -0.427. The Balaban J connectivity index is 2.91. The van der Waals surface area contributed by atoms with Gasteiger partial charge in [0.1, 0.15) is 0 Å². The van der Waals surface area contributed by atoms with E-state index in [2.05, 4.69) is 5.32 Å². The Kier molecular flexibility index (Phi) is 5.14. The van der Waals surface area contributed by atoms with E-state index in [-0.39, 0.29) is 0 Å². The highest BCUT2D eigenvalue weighted by Gasteiger charge is 2.19. The van der Waals surface area contributed by atoms with Gasteiger partial charge in [-0.1, -0.05) is 17.7 Å². The highest BCUT2D eigenvalue weighted by molar-refractivity contribution is 6.34. The maximum Gasteiger partial charge on any atom is 0.305 e. The molecule has 0 heterocycles. The van der Waals surface area contributed by atoms with Gasteiger partial charge in [0, 0.05) is 14.1 Å². The molecule has 0 aliphatic heterocycles. The number of benzene rings is 1. The van der Waals surface area contributed by atoms with Crippen LogP contribution in [0.25, 0.3) is 0 Å². The Morgan fingerprint density at radius 2 is 2.11 bits per heavy atom. The number of nitrogens with two attached hydrogens (primary N) is 1. The van der Waals surface area contributed by atoms with Crippen LogP contribution >= 0.6 is 11.6 Å². The number of aliphatic carboxylic acids is 1. The predicted octanol–water partition coefficient (Wildman–Crippen LogP) is 1.15. The molecule has 0 aliphatic carbocycles. The number of rotatable bonds is 5. The van der Waals surface area contributed by atoms with Crippen molar-refractivity contribution in [2.45, 2.75) is 12.5 Å². The van der Waals surface area contributed by atoms with E-state index < -0.39 is 24.3 Å². The van der Waals surface area contributed by atoms with Gasteiger partial charge in [0.05, 0.1) is 28.9 Å². The topological polar surface area (TPSA) is 95.7 Å². The van der Waals surface area contributed by atoms with Crippen LogP contribution in [0.2, 0.25) is 5.02 Å². The number of carboxylic acid groups (broad SMARTS) is 1. The molecule has 0 aliphatic rings. The number of halogens is 1. The van der Waals surface area contributed by atoms with Crippen LogP contribution in [0.4, 0.5) is 11.4 Å². The molecule has 0 aromatic heterocycles. The minimum absolute atomic E-state index is 0.427. The van der Waals surface area contributed by atoms with Crippen molar-refractivity contribution in [2.75, 3.05) is 24.3 Å². The van der Waals surface area contributed by atoms with Crippen LogP contribution in [0.15, 0.2) is 18.2 Å². The van der Waals surface area contributed by atoms with Gasteiger partial charge >= 0.3 is 5.97 Å². The number of para-hydroxylation sites is 1. The maximum absolute atomic E-state index is 11.8. The lowest BCUT2D eigenvalue weighted by atomic mass is 10.2. The van der Waals surface area contributed by atoms with Gasteiger partial charge in [-0.2, -0.15) is 0 Å². The first-order chi connectivity index (χ1) is 8.82. The Labute approximate surface area is 116 Å². The first-order valence-electron chi connectivity index (χ1n) is 5.57. The summed E-state index contributed by atoms with van der Waals surface area (Å²) in [5, 5.41) is 11.7. The lowest BCUT2D eigenvalue weighted by Gasteiger charge is -2.20. The molecule has 1 amide bonds. The monoisotopic (exact) mass is 285 g/mol. The van der Waals surface area contributed by atoms with Crippen molar-refractivity contribution in [2.24, 2.45) is 5.73 Å². The molecule has 0 radical (unpaired) electrons. The van der Waals surface area contributed by atoms with Crippen molar-refractivity contribution in [1.82, 2.24) is 0 Å². The van der Waals surface area contributed by atoms with Crippen LogP contribution in [-0.2, 0) is 9.59 Å². The number of anilines is 2. The summed E-state index contributed by atoms with van der Waals surface area (Å²) in [5.41, 5.74) is 6.62. The number of carbonyl (C=O) groups excluding carboxylic acids is 1. The molecular formula is C12H16ClN3O3. The van der Waals surface area contributed by atoms with Crippen LogP contribution in [0.5, 0.6) is 0 Å². The van der Waals surface area contributed by atoms with Crippen LogP contribution in [0.1, 0.15) is 6.42 Å². The fourth-order valence-electron chi connectivity index (χ4n) is 1.58. The first-order valence-corrected chi connectivity index (χ1v) is 5.94. The van der Waals surface area contributed by atoms with Gasteiger partial charge in [-0.25, -0.2) is 0 Å². The summed E-state index contributed by atoms with van der Waals surface area (Å²) in [5.74, 6) is -1.69. The van der Waals surface area contributed by atoms with Crippen LogP contribution in [0.3, 0.4) is 0 Å². The fourth-order valence-corrected chi connectivity index (χ4v) is 1.92. The quantitative estimate of drug-likeness (QED) is 0.754. The smallest absolute Gasteiger partial charge is 0.305 e. The van der Waals surface area contributed by atoms with Gasteiger partial charge in [-0.05, 0) is 12.1 Å². The molecule has 1 aromatic rings. The van der Waals surface area contributed by atoms with Crippen molar-refractivity contribution >= 4 is 34.9 Å². The molecule has 1 unspecified atom stereocenters. The van der Waals surface area contributed by atoms with E-state index in [9.17, 15) is 9.59 Å². The summed E-state index contributed by atoms with van der Waals surface area (Å²) in [6.45, 7) is 0. The zero-order valence-corrected chi connectivity index (χ0v) is 11.4. The number of carboxylic acids is 1. The number of hydrogen-bond acceptors (Lipinski definition) is 4. The van der Waals surface area contributed by atoms with Crippen molar-refractivity contribution in [3.05, 3.63) is 23.2 Å². The minimum atomic E-state index is -1.12. The first kappa shape index (κ1) is 15.3. The molecule has 0 saturated heterocycles. The molecule has 0 bridgehead atoms. The molecule has 0 saturated carbocycles. The average molecular weight is 286 g/mol. The van der Waals surface area contributed by atoms with E-state index in [0.717, 1.165) is 0 Å². The molecule has 7 heteroatoms. The van der Waals surface area contributed by atoms with Crippen molar-refractivity contribution in [3.63, 3.8) is 0 Å². The number of nitrogens with zero attached hydrogens (tertiary/aromatic N) is 1. The third-order valence-corrected chi connectivity index (χ3v) is 2.73. The maximum atomic E-state index is 11.8. The molecule has 6 nitrogen and oxygen atoms in total. The minimum Gasteiger partial charge on any atom is -0.481 e. The van der Waals surface area contributed by atoms with E-state index in [4.69, 9.17) is 22.4 Å². The van der Waals surface area contributed by atoms with Crippen LogP contribution in [0, 0.1) is 0 Å². The summed E-state index contributed by atoms with van der Waals surface area (Å²) in [6, 6.07) is 3.95. The molecule has 19 heavy (non-hydrogen) atoms. The number of nitrogens with one attached hydrogen (secondary N) is 1. The summed E-state index contributed by atoms with van der Waals surface area (Å²) in [7, 11) is 3.57. The van der Waals surface area contributed by atoms with E-state index in [1.54, 1.807) is 37.2 Å². The number of carbonyl (C=O) groups is 2. The highest BCUT2D eigenvalue weighted by atomic mass is 35.5. The van der Waals surface area contributed by atoms with E-state index in [0.29, 0.717) is 16.4 Å². The zero-order chi connectivity index (χ0) is 14.6. The van der Waals surface area contributed by atoms with Gasteiger partial charge in [-0.3, -0.25) is 9.59 Å². The van der Waals surface area contributed by atoms with Crippen molar-refractivity contribution in [3.8, 4) is 0 Å². The van der Waals surface area contributed by atoms with Gasteiger partial charge in [0.2, 0.25) is 5.91 Å². The second-order valence-electron chi connectivity index (χ2n) is 4.22. The fraction of sp³-hybridized carbons (Fsp3) is 0.333. The van der Waals surface area contributed by atoms with Crippen molar-refractivity contribution < 1.29 is 14.7 Å². The summed E-state index contributed by atoms with van der Waals surface area (Å²) in [4.78, 5) is 24.0. The van der Waals surface area contributed by atoms with E-state index >= 15 is 0 Å². The normalized spacial score (nSPS) is 11.8. The molecule has 1 aromatic carbocycles. The lowest BCUT2D eigenvalue weighted by molar-refractivity contribution is -0.138. The molecular weight excluding hydrogens is 270 g/mol. The van der Waals surface area contributed by atoms with Crippen molar-refractivity contribution in [1.29, 1.82) is 0 Å². The molecule has 0 spiro atoms. The number of hydrogen-bond donors (Lipinski definition) is 3. The van der Waals surface area contributed by atoms with E-state index in [1.807, 2.05) is 0 Å². The predicted molar refractivity (Wildman–Crippen MR) is 74.6 cm³/mol. The highest BCUT2D eigenvalue weighted by Crippen LogP contribution is 2.32. The molecule has 104 valence electrons. The molecule has 0 fully saturated rings. The van der Waals surface area contributed by atoms with E-state index in [1.165, 1.54) is 0 Å². The summed E-state index contributed by atoms with van der Waals surface area (Å²) >= 11 is 6.05. The SMILES string of the molecule is CN(C)c1c(Cl)cccc1NC(=O)C(N)CC(=O)O. The Bertz CT molecular complexity index is 491. The third-order valence-electron chi connectivity index (χ3n) is 2.42. The molecule has 1 atom stereocenters. The lowest BCUT2D eigenvalue weighted by Crippen LogP contribution is -2.37. The van der Waals surface area contributed by atoms with Crippen LogP contribution < -0.4 is 16.0 Å². The largest absolute Gasteiger partial charge is 0.481 e. The van der Waals surface area contributed by atoms with Gasteiger partial charge in [0.15, 0.2) is 0 Å². The molecule has 4 N–H and O–H groups in total. The molecule has 1 rings (SSSR count). The standard InChI is InChI=1S/C12H16ClN3O3/c1-16(2)11-7(13)4-3-5-9(11)15-12(19)8(14)6-10(17)18/h3-5,8H,6,14H2,1-2H3,(H,15,19)(H,17,18). The summed E-state index contributed by atoms with van der Waals surface area (Å²) < 4.78 is 0. The second kappa shape index (κ2) is 6.40. The Hall–Kier alpha value is -1.79. The zero-order valence-electron chi connectivity index (χ0n) is 10.7.